The fourth-order valence-electron chi connectivity index (χ4n) is 4.13. The zero-order valence-electron chi connectivity index (χ0n) is 19.7. The molecule has 1 aliphatic heterocycles. The Morgan fingerprint density at radius 3 is 2.21 bits per heavy atom. The van der Waals surface area contributed by atoms with E-state index in [2.05, 4.69) is 15.3 Å². The number of nitrogens with zero attached hydrogens (tertiary/aromatic N) is 5. The molecule has 39 heavy (non-hydrogen) atoms. The lowest BCUT2D eigenvalue weighted by atomic mass is 9.85. The van der Waals surface area contributed by atoms with Gasteiger partial charge in [0.25, 0.3) is 0 Å². The molecular formula is C24H19F7N6O2. The molecule has 15 heteroatoms. The van der Waals surface area contributed by atoms with Gasteiger partial charge in [0.05, 0.1) is 0 Å². The van der Waals surface area contributed by atoms with E-state index in [1.54, 1.807) is 28.8 Å². The molecule has 1 saturated heterocycles. The van der Waals surface area contributed by atoms with Crippen molar-refractivity contribution in [3.63, 3.8) is 0 Å². The highest BCUT2D eigenvalue weighted by atomic mass is 19.4. The molecule has 1 fully saturated rings. The van der Waals surface area contributed by atoms with Gasteiger partial charge in [0, 0.05) is 36.7 Å². The highest BCUT2D eigenvalue weighted by Crippen LogP contribution is 2.32. The Labute approximate surface area is 215 Å². The second kappa shape index (κ2) is 10.8. The third-order valence-electron chi connectivity index (χ3n) is 6.01. The Hall–Kier alpha value is -4.27. The number of rotatable bonds is 3. The average Bonchev–Trinajstić information content (AvgIpc) is 3.30. The van der Waals surface area contributed by atoms with Gasteiger partial charge in [-0.1, -0.05) is 0 Å². The fourth-order valence-corrected chi connectivity index (χ4v) is 4.13. The maximum Gasteiger partial charge on any atom is 0.490 e. The van der Waals surface area contributed by atoms with Crippen LogP contribution in [0.3, 0.4) is 0 Å². The monoisotopic (exact) mass is 556 g/mol. The van der Waals surface area contributed by atoms with E-state index >= 15 is 0 Å². The number of hydrogen-bond donors (Lipinski definition) is 2. The molecule has 3 N–H and O–H groups in total. The largest absolute Gasteiger partial charge is 0.490 e. The highest BCUT2D eigenvalue weighted by molar-refractivity contribution is 5.73. The molecule has 0 aliphatic carbocycles. The van der Waals surface area contributed by atoms with Gasteiger partial charge in [-0.05, 0) is 54.4 Å². The minimum Gasteiger partial charge on any atom is -0.475 e. The number of alkyl halides is 3. The van der Waals surface area contributed by atoms with Crippen molar-refractivity contribution in [2.24, 2.45) is 5.73 Å². The summed E-state index contributed by atoms with van der Waals surface area (Å²) in [5.74, 6) is -5.60. The van der Waals surface area contributed by atoms with Crippen LogP contribution in [0.4, 0.5) is 36.6 Å². The number of halogens is 7. The van der Waals surface area contributed by atoms with Crippen LogP contribution in [0.1, 0.15) is 17.9 Å². The molecule has 0 spiro atoms. The third kappa shape index (κ3) is 6.08. The number of benzene rings is 2. The van der Waals surface area contributed by atoms with E-state index in [-0.39, 0.29) is 11.4 Å². The summed E-state index contributed by atoms with van der Waals surface area (Å²) in [5, 5.41) is 20.0. The van der Waals surface area contributed by atoms with Crippen molar-refractivity contribution >= 4 is 17.4 Å². The predicted octanol–water partition coefficient (Wildman–Crippen LogP) is 4.30. The first-order chi connectivity index (χ1) is 18.3. The summed E-state index contributed by atoms with van der Waals surface area (Å²) in [6.45, 7) is 0.832. The number of aromatic nitrogens is 4. The Kier molecular flexibility index (Phi) is 7.72. The molecule has 0 bridgehead atoms. The molecular weight excluding hydrogens is 537 g/mol. The van der Waals surface area contributed by atoms with Crippen molar-refractivity contribution in [1.29, 1.82) is 0 Å². The van der Waals surface area contributed by atoms with Crippen molar-refractivity contribution in [3.05, 3.63) is 77.4 Å². The van der Waals surface area contributed by atoms with Crippen LogP contribution in [-0.2, 0) is 4.79 Å². The van der Waals surface area contributed by atoms with Crippen LogP contribution in [-0.4, -0.2) is 56.2 Å². The standard InChI is InChI=1S/C22H18F4N6.C2HF3O2/c23-13-3-1-12(2-4-13)22-29-28-20-5-6-21(30-32(20)22)31-8-7-14(19(27)11-31)15-9-17(25)18(26)10-16(15)24;3-2(4,5)1(6)7/h1-6,9-10,14,19H,7-8,11,27H2;(H,6,7)/t14-,19+;/m1./s1. The van der Waals surface area contributed by atoms with Crippen molar-refractivity contribution in [2.45, 2.75) is 24.6 Å². The Morgan fingerprint density at radius 2 is 1.59 bits per heavy atom. The topological polar surface area (TPSA) is 110 Å². The van der Waals surface area contributed by atoms with Crippen molar-refractivity contribution in [3.8, 4) is 11.4 Å². The molecule has 2 atom stereocenters. The summed E-state index contributed by atoms with van der Waals surface area (Å²) >= 11 is 0. The predicted molar refractivity (Wildman–Crippen MR) is 124 cm³/mol. The zero-order valence-corrected chi connectivity index (χ0v) is 19.7. The number of fused-ring (bicyclic) bond motifs is 1. The minimum absolute atomic E-state index is 0.0804. The summed E-state index contributed by atoms with van der Waals surface area (Å²) in [4.78, 5) is 10.8. The van der Waals surface area contributed by atoms with Crippen LogP contribution in [0.2, 0.25) is 0 Å². The lowest BCUT2D eigenvalue weighted by molar-refractivity contribution is -0.192. The number of carbonyl (C=O) groups is 1. The van der Waals surface area contributed by atoms with Gasteiger partial charge in [0.2, 0.25) is 0 Å². The maximum atomic E-state index is 14.2. The Balaban J connectivity index is 0.000000448. The van der Waals surface area contributed by atoms with Crippen LogP contribution >= 0.6 is 0 Å². The second-order valence-corrected chi connectivity index (χ2v) is 8.59. The molecule has 4 aromatic rings. The van der Waals surface area contributed by atoms with Gasteiger partial charge in [-0.25, -0.2) is 22.4 Å². The average molecular weight is 556 g/mol. The quantitative estimate of drug-likeness (QED) is 0.286. The summed E-state index contributed by atoms with van der Waals surface area (Å²) in [5.41, 5.74) is 7.57. The minimum atomic E-state index is -5.08. The maximum absolute atomic E-state index is 14.2. The van der Waals surface area contributed by atoms with Gasteiger partial charge < -0.3 is 15.7 Å². The molecule has 0 amide bonds. The van der Waals surface area contributed by atoms with Crippen molar-refractivity contribution in [1.82, 2.24) is 19.8 Å². The summed E-state index contributed by atoms with van der Waals surface area (Å²) in [6.07, 6.45) is -4.64. The van der Waals surface area contributed by atoms with E-state index in [1.807, 2.05) is 4.90 Å². The third-order valence-corrected chi connectivity index (χ3v) is 6.01. The van der Waals surface area contributed by atoms with Crippen LogP contribution in [0.15, 0.2) is 48.5 Å². The molecule has 2 aromatic carbocycles. The van der Waals surface area contributed by atoms with E-state index in [0.29, 0.717) is 48.4 Å². The first-order valence-corrected chi connectivity index (χ1v) is 11.3. The second-order valence-electron chi connectivity index (χ2n) is 8.59. The molecule has 0 unspecified atom stereocenters. The van der Waals surface area contributed by atoms with Crippen LogP contribution in [0.5, 0.6) is 0 Å². The van der Waals surface area contributed by atoms with E-state index in [9.17, 15) is 30.7 Å². The lowest BCUT2D eigenvalue weighted by Crippen LogP contribution is -2.48. The van der Waals surface area contributed by atoms with Gasteiger partial charge in [-0.15, -0.1) is 15.3 Å². The van der Waals surface area contributed by atoms with Gasteiger partial charge in [-0.2, -0.15) is 17.7 Å². The van der Waals surface area contributed by atoms with Crippen molar-refractivity contribution in [2.75, 3.05) is 18.0 Å². The SMILES string of the molecule is N[C@H]1CN(c2ccc3nnc(-c4ccc(F)cc4)n3n2)CC[C@@H]1c1cc(F)c(F)cc1F.O=C(O)C(F)(F)F. The van der Waals surface area contributed by atoms with Gasteiger partial charge in [0.15, 0.2) is 23.1 Å². The summed E-state index contributed by atoms with van der Waals surface area (Å²) < 4.78 is 87.8. The first kappa shape index (κ1) is 27.8. The Bertz CT molecular complexity index is 1490. The number of carboxylic acid groups (broad SMARTS) is 1. The van der Waals surface area contributed by atoms with Gasteiger partial charge in [-0.3, -0.25) is 0 Å². The number of hydrogen-bond acceptors (Lipinski definition) is 6. The highest BCUT2D eigenvalue weighted by Gasteiger charge is 2.38. The normalized spacial score (nSPS) is 17.6. The first-order valence-electron chi connectivity index (χ1n) is 11.3. The van der Waals surface area contributed by atoms with Crippen molar-refractivity contribution < 1.29 is 40.6 Å². The van der Waals surface area contributed by atoms with Crippen LogP contribution in [0, 0.1) is 23.3 Å². The van der Waals surface area contributed by atoms with Crippen LogP contribution in [0.25, 0.3) is 17.0 Å². The molecule has 206 valence electrons. The summed E-state index contributed by atoms with van der Waals surface area (Å²) in [7, 11) is 0. The zero-order chi connectivity index (χ0) is 28.5. The number of piperidine rings is 1. The smallest absolute Gasteiger partial charge is 0.475 e. The van der Waals surface area contributed by atoms with Crippen LogP contribution < -0.4 is 10.6 Å². The van der Waals surface area contributed by atoms with E-state index in [1.165, 1.54) is 12.1 Å². The van der Waals surface area contributed by atoms with E-state index < -0.39 is 41.6 Å². The van der Waals surface area contributed by atoms with E-state index in [0.717, 1.165) is 6.07 Å². The van der Waals surface area contributed by atoms with Gasteiger partial charge >= 0.3 is 12.1 Å². The Morgan fingerprint density at radius 1 is 0.949 bits per heavy atom. The fraction of sp³-hybridized carbons (Fsp3) is 0.250. The number of nitrogens with two attached hydrogens (primary N) is 1. The number of carboxylic acids is 1. The van der Waals surface area contributed by atoms with E-state index in [4.69, 9.17) is 15.6 Å². The molecule has 5 rings (SSSR count). The number of anilines is 1. The molecule has 0 saturated carbocycles. The molecule has 2 aromatic heterocycles. The lowest BCUT2D eigenvalue weighted by Gasteiger charge is -2.37. The molecule has 3 heterocycles. The molecule has 0 radical (unpaired) electrons. The number of aliphatic carboxylic acids is 1. The molecule has 8 nitrogen and oxygen atoms in total. The summed E-state index contributed by atoms with van der Waals surface area (Å²) in [6, 6.07) is 10.3. The van der Waals surface area contributed by atoms with Gasteiger partial charge in [0.1, 0.15) is 17.5 Å². The molecule has 1 aliphatic rings.